The van der Waals surface area contributed by atoms with Crippen molar-refractivity contribution < 1.29 is 14.6 Å². The molecule has 0 aromatic heterocycles. The van der Waals surface area contributed by atoms with Crippen LogP contribution in [-0.4, -0.2) is 23.3 Å². The molecule has 15 heavy (non-hydrogen) atoms. The van der Waals surface area contributed by atoms with Crippen LogP contribution in [0.5, 0.6) is 0 Å². The third-order valence-corrected chi connectivity index (χ3v) is 2.97. The molecule has 1 rings (SSSR count). The second-order valence-corrected chi connectivity index (χ2v) is 5.65. The summed E-state index contributed by atoms with van der Waals surface area (Å²) in [7, 11) is 0. The lowest BCUT2D eigenvalue weighted by molar-refractivity contribution is -0.162. The Morgan fingerprint density at radius 2 is 2.07 bits per heavy atom. The van der Waals surface area contributed by atoms with Crippen molar-refractivity contribution in [3.05, 3.63) is 0 Å². The highest BCUT2D eigenvalue weighted by molar-refractivity contribution is 5.73. The maximum atomic E-state index is 11.3. The molecule has 0 radical (unpaired) electrons. The van der Waals surface area contributed by atoms with Crippen LogP contribution in [0.4, 0.5) is 0 Å². The van der Waals surface area contributed by atoms with Crippen molar-refractivity contribution >= 4 is 5.97 Å². The number of aliphatic hydroxyl groups is 1. The Bertz CT molecular complexity index is 233. The summed E-state index contributed by atoms with van der Waals surface area (Å²) < 4.78 is 5.27. The zero-order chi connectivity index (χ0) is 11.6. The molecule has 3 atom stereocenters. The molecule has 0 bridgehead atoms. The minimum atomic E-state index is -1.01. The highest BCUT2D eigenvalue weighted by Gasteiger charge is 2.34. The summed E-state index contributed by atoms with van der Waals surface area (Å²) in [5.74, 6) is 0.0884. The molecule has 1 fully saturated rings. The van der Waals surface area contributed by atoms with Gasteiger partial charge in [-0.2, -0.15) is 0 Å². The molecule has 0 aliphatic heterocycles. The number of aliphatic hydroxyl groups excluding tert-OH is 1. The lowest BCUT2D eigenvalue weighted by Crippen LogP contribution is -2.35. The molecule has 0 aromatic rings. The van der Waals surface area contributed by atoms with Gasteiger partial charge in [0.15, 0.2) is 0 Å². The minimum absolute atomic E-state index is 0.0224. The first-order valence-corrected chi connectivity index (χ1v) is 5.69. The molecule has 1 saturated carbocycles. The highest BCUT2D eigenvalue weighted by atomic mass is 16.6. The van der Waals surface area contributed by atoms with E-state index in [0.29, 0.717) is 5.92 Å². The SMILES string of the molecule is C[C@@H]1C[C@@H](OC(=O)[C@H](C)O)CC(C)(C)C1. The van der Waals surface area contributed by atoms with Crippen molar-refractivity contribution in [3.63, 3.8) is 0 Å². The van der Waals surface area contributed by atoms with E-state index in [1.807, 2.05) is 0 Å². The van der Waals surface area contributed by atoms with E-state index in [9.17, 15) is 4.79 Å². The number of rotatable bonds is 2. The predicted octanol–water partition coefficient (Wildman–Crippen LogP) is 2.13. The lowest BCUT2D eigenvalue weighted by Gasteiger charge is -2.38. The van der Waals surface area contributed by atoms with Gasteiger partial charge in [0.2, 0.25) is 0 Å². The van der Waals surface area contributed by atoms with Crippen LogP contribution in [0.25, 0.3) is 0 Å². The molecular formula is C12H22O3. The van der Waals surface area contributed by atoms with Crippen LogP contribution in [0.2, 0.25) is 0 Å². The van der Waals surface area contributed by atoms with Crippen LogP contribution in [0.3, 0.4) is 0 Å². The monoisotopic (exact) mass is 214 g/mol. The molecule has 3 nitrogen and oxygen atoms in total. The second-order valence-electron chi connectivity index (χ2n) is 5.65. The van der Waals surface area contributed by atoms with Crippen LogP contribution in [0.15, 0.2) is 0 Å². The summed E-state index contributed by atoms with van der Waals surface area (Å²) in [5, 5.41) is 9.07. The summed E-state index contributed by atoms with van der Waals surface area (Å²) in [5.41, 5.74) is 0.237. The van der Waals surface area contributed by atoms with Crippen LogP contribution >= 0.6 is 0 Å². The van der Waals surface area contributed by atoms with E-state index < -0.39 is 12.1 Å². The van der Waals surface area contributed by atoms with Gasteiger partial charge < -0.3 is 9.84 Å². The molecule has 0 amide bonds. The Kier molecular flexibility index (Phi) is 3.77. The van der Waals surface area contributed by atoms with Crippen molar-refractivity contribution in [1.82, 2.24) is 0 Å². The van der Waals surface area contributed by atoms with E-state index in [1.54, 1.807) is 0 Å². The van der Waals surface area contributed by atoms with Gasteiger partial charge in [-0.25, -0.2) is 4.79 Å². The highest BCUT2D eigenvalue weighted by Crippen LogP contribution is 2.39. The van der Waals surface area contributed by atoms with Gasteiger partial charge in [-0.1, -0.05) is 20.8 Å². The van der Waals surface area contributed by atoms with Gasteiger partial charge in [-0.3, -0.25) is 0 Å². The van der Waals surface area contributed by atoms with Gasteiger partial charge in [0.25, 0.3) is 0 Å². The number of carbonyl (C=O) groups is 1. The van der Waals surface area contributed by atoms with E-state index in [-0.39, 0.29) is 11.5 Å². The Morgan fingerprint density at radius 3 is 2.53 bits per heavy atom. The molecule has 88 valence electrons. The molecule has 3 heteroatoms. The summed E-state index contributed by atoms with van der Waals surface area (Å²) >= 11 is 0. The summed E-state index contributed by atoms with van der Waals surface area (Å²) in [6, 6.07) is 0. The zero-order valence-electron chi connectivity index (χ0n) is 10.1. The summed E-state index contributed by atoms with van der Waals surface area (Å²) in [4.78, 5) is 11.3. The normalized spacial score (nSPS) is 32.1. The molecule has 0 spiro atoms. The van der Waals surface area contributed by atoms with Gasteiger partial charge in [0, 0.05) is 0 Å². The minimum Gasteiger partial charge on any atom is -0.460 e. The van der Waals surface area contributed by atoms with Crippen molar-refractivity contribution in [2.45, 2.75) is 59.2 Å². The molecule has 0 saturated heterocycles. The second kappa shape index (κ2) is 4.52. The van der Waals surface area contributed by atoms with Crippen LogP contribution in [0.1, 0.15) is 47.0 Å². The maximum Gasteiger partial charge on any atom is 0.334 e. The van der Waals surface area contributed by atoms with Crippen LogP contribution in [-0.2, 0) is 9.53 Å². The van der Waals surface area contributed by atoms with Crippen molar-refractivity contribution in [1.29, 1.82) is 0 Å². The van der Waals surface area contributed by atoms with E-state index in [2.05, 4.69) is 20.8 Å². The molecule has 0 unspecified atom stereocenters. The number of hydrogen-bond donors (Lipinski definition) is 1. The number of ether oxygens (including phenoxy) is 1. The van der Waals surface area contributed by atoms with E-state index >= 15 is 0 Å². The first-order chi connectivity index (χ1) is 6.80. The number of carbonyl (C=O) groups excluding carboxylic acids is 1. The average molecular weight is 214 g/mol. The first-order valence-electron chi connectivity index (χ1n) is 5.69. The maximum absolute atomic E-state index is 11.3. The molecule has 0 heterocycles. The van der Waals surface area contributed by atoms with Gasteiger partial charge in [-0.15, -0.1) is 0 Å². The first kappa shape index (κ1) is 12.5. The fraction of sp³-hybridized carbons (Fsp3) is 0.917. The third kappa shape index (κ3) is 3.82. The average Bonchev–Trinajstić information content (AvgIpc) is 1.99. The molecule has 1 aliphatic rings. The van der Waals surface area contributed by atoms with E-state index in [1.165, 1.54) is 13.3 Å². The standard InChI is InChI=1S/C12H22O3/c1-8-5-10(7-12(3,4)6-8)15-11(14)9(2)13/h8-10,13H,5-7H2,1-4H3/t8-,9+,10-/m1/s1. The van der Waals surface area contributed by atoms with Crippen molar-refractivity contribution in [3.8, 4) is 0 Å². The number of hydrogen-bond acceptors (Lipinski definition) is 3. The fourth-order valence-corrected chi connectivity index (χ4v) is 2.61. The Balaban J connectivity index is 2.52. The van der Waals surface area contributed by atoms with E-state index in [4.69, 9.17) is 9.84 Å². The van der Waals surface area contributed by atoms with Crippen LogP contribution in [0, 0.1) is 11.3 Å². The predicted molar refractivity (Wildman–Crippen MR) is 58.4 cm³/mol. The Labute approximate surface area is 91.8 Å². The number of esters is 1. The van der Waals surface area contributed by atoms with Crippen molar-refractivity contribution in [2.24, 2.45) is 11.3 Å². The smallest absolute Gasteiger partial charge is 0.334 e. The summed E-state index contributed by atoms with van der Waals surface area (Å²) in [6.07, 6.45) is 1.96. The molecular weight excluding hydrogens is 192 g/mol. The fourth-order valence-electron chi connectivity index (χ4n) is 2.61. The Hall–Kier alpha value is -0.570. The third-order valence-electron chi connectivity index (χ3n) is 2.97. The topological polar surface area (TPSA) is 46.5 Å². The molecule has 0 aromatic carbocycles. The zero-order valence-corrected chi connectivity index (χ0v) is 10.1. The van der Waals surface area contributed by atoms with E-state index in [0.717, 1.165) is 12.8 Å². The molecule has 1 N–H and O–H groups in total. The molecule has 1 aliphatic carbocycles. The van der Waals surface area contributed by atoms with Gasteiger partial charge in [-0.05, 0) is 37.5 Å². The quantitative estimate of drug-likeness (QED) is 0.716. The van der Waals surface area contributed by atoms with Gasteiger partial charge in [0.1, 0.15) is 12.2 Å². The largest absolute Gasteiger partial charge is 0.460 e. The summed E-state index contributed by atoms with van der Waals surface area (Å²) in [6.45, 7) is 8.03. The van der Waals surface area contributed by atoms with Crippen LogP contribution < -0.4 is 0 Å². The lowest BCUT2D eigenvalue weighted by atomic mass is 9.71. The van der Waals surface area contributed by atoms with Gasteiger partial charge in [0.05, 0.1) is 0 Å². The van der Waals surface area contributed by atoms with Gasteiger partial charge >= 0.3 is 5.97 Å². The van der Waals surface area contributed by atoms with Crippen molar-refractivity contribution in [2.75, 3.05) is 0 Å². The Morgan fingerprint density at radius 1 is 1.47 bits per heavy atom.